The molecule has 1 aliphatic carbocycles. The smallest absolute Gasteiger partial charge is 0.252 e. The van der Waals surface area contributed by atoms with E-state index in [4.69, 9.17) is 46.4 Å². The molecule has 146 valence electrons. The molecule has 0 saturated heterocycles. The van der Waals surface area contributed by atoms with Crippen LogP contribution in [0.2, 0.25) is 20.1 Å². The van der Waals surface area contributed by atoms with Gasteiger partial charge in [-0.05, 0) is 62.1 Å². The third kappa shape index (κ3) is 5.42. The minimum Gasteiger partial charge on any atom is -0.322 e. The van der Waals surface area contributed by atoms with Crippen LogP contribution in [0.4, 0.5) is 11.4 Å². The fourth-order valence-electron chi connectivity index (χ4n) is 3.07. The van der Waals surface area contributed by atoms with Crippen LogP contribution in [-0.4, -0.2) is 11.8 Å². The van der Waals surface area contributed by atoms with Crippen LogP contribution in [0.5, 0.6) is 0 Å². The zero-order valence-electron chi connectivity index (χ0n) is 14.6. The van der Waals surface area contributed by atoms with Crippen molar-refractivity contribution in [2.24, 2.45) is 0 Å². The van der Waals surface area contributed by atoms with Crippen LogP contribution in [0.1, 0.15) is 25.7 Å². The Morgan fingerprint density at radius 1 is 0.607 bits per heavy atom. The Kier molecular flexibility index (Phi) is 6.89. The lowest BCUT2D eigenvalue weighted by Crippen LogP contribution is -2.24. The first-order valence-electron chi connectivity index (χ1n) is 8.59. The number of carbonyl (C=O) groups is 2. The SMILES string of the molecule is O=C(Nc1cc(Cl)cc(Cl)c1)C1=C(C(=O)Nc2cc(Cl)cc(Cl)c2)CCCC1. The minimum atomic E-state index is -0.340. The molecule has 0 unspecified atom stereocenters. The summed E-state index contributed by atoms with van der Waals surface area (Å²) >= 11 is 23.9. The molecule has 2 N–H and O–H groups in total. The van der Waals surface area contributed by atoms with Gasteiger partial charge in [-0.3, -0.25) is 9.59 Å². The van der Waals surface area contributed by atoms with Crippen molar-refractivity contribution in [2.75, 3.05) is 10.6 Å². The van der Waals surface area contributed by atoms with Crippen LogP contribution in [0.25, 0.3) is 0 Å². The molecule has 8 heteroatoms. The van der Waals surface area contributed by atoms with Crippen molar-refractivity contribution in [1.29, 1.82) is 0 Å². The molecule has 0 fully saturated rings. The summed E-state index contributed by atoms with van der Waals surface area (Å²) < 4.78 is 0. The van der Waals surface area contributed by atoms with Crippen molar-refractivity contribution in [3.63, 3.8) is 0 Å². The van der Waals surface area contributed by atoms with Crippen LogP contribution >= 0.6 is 46.4 Å². The third-order valence-electron chi connectivity index (χ3n) is 4.26. The first-order chi connectivity index (χ1) is 13.3. The highest BCUT2D eigenvalue weighted by atomic mass is 35.5. The van der Waals surface area contributed by atoms with Gasteiger partial charge in [0.1, 0.15) is 0 Å². The summed E-state index contributed by atoms with van der Waals surface area (Å²) in [5.74, 6) is -0.681. The first-order valence-corrected chi connectivity index (χ1v) is 10.1. The zero-order chi connectivity index (χ0) is 20.3. The summed E-state index contributed by atoms with van der Waals surface area (Å²) in [7, 11) is 0. The summed E-state index contributed by atoms with van der Waals surface area (Å²) in [4.78, 5) is 25.6. The van der Waals surface area contributed by atoms with Crippen molar-refractivity contribution in [2.45, 2.75) is 25.7 Å². The second-order valence-electron chi connectivity index (χ2n) is 6.39. The Hall–Kier alpha value is -1.72. The van der Waals surface area contributed by atoms with Gasteiger partial charge in [0.15, 0.2) is 0 Å². The molecule has 0 radical (unpaired) electrons. The molecule has 0 aromatic heterocycles. The Bertz CT molecular complexity index is 855. The third-order valence-corrected chi connectivity index (χ3v) is 5.13. The second-order valence-corrected chi connectivity index (χ2v) is 8.13. The molecule has 0 saturated carbocycles. The molecule has 0 atom stereocenters. The van der Waals surface area contributed by atoms with E-state index in [0.29, 0.717) is 55.5 Å². The van der Waals surface area contributed by atoms with Crippen LogP contribution in [0.15, 0.2) is 47.5 Å². The Balaban J connectivity index is 1.83. The number of carbonyl (C=O) groups excluding carboxylic acids is 2. The lowest BCUT2D eigenvalue weighted by atomic mass is 9.90. The number of anilines is 2. The zero-order valence-corrected chi connectivity index (χ0v) is 17.6. The summed E-state index contributed by atoms with van der Waals surface area (Å²) in [6.07, 6.45) is 2.69. The Morgan fingerprint density at radius 3 is 1.25 bits per heavy atom. The van der Waals surface area contributed by atoms with E-state index in [2.05, 4.69) is 10.6 Å². The number of rotatable bonds is 4. The Morgan fingerprint density at radius 2 is 0.929 bits per heavy atom. The van der Waals surface area contributed by atoms with E-state index in [0.717, 1.165) is 12.8 Å². The van der Waals surface area contributed by atoms with Crippen LogP contribution in [-0.2, 0) is 9.59 Å². The monoisotopic (exact) mass is 456 g/mol. The molecule has 0 heterocycles. The normalized spacial score (nSPS) is 14.0. The van der Waals surface area contributed by atoms with Gasteiger partial charge in [0.2, 0.25) is 0 Å². The van der Waals surface area contributed by atoms with E-state index >= 15 is 0 Å². The average molecular weight is 458 g/mol. The van der Waals surface area contributed by atoms with E-state index in [1.807, 2.05) is 0 Å². The van der Waals surface area contributed by atoms with E-state index in [1.165, 1.54) is 0 Å². The predicted octanol–water partition coefficient (Wildman–Crippen LogP) is 6.75. The fraction of sp³-hybridized carbons (Fsp3) is 0.200. The molecular weight excluding hydrogens is 442 g/mol. The number of benzene rings is 2. The predicted molar refractivity (Wildman–Crippen MR) is 116 cm³/mol. The molecule has 2 amide bonds. The van der Waals surface area contributed by atoms with Gasteiger partial charge in [-0.15, -0.1) is 0 Å². The van der Waals surface area contributed by atoms with Crippen molar-refractivity contribution in [1.82, 2.24) is 0 Å². The average Bonchev–Trinajstić information content (AvgIpc) is 2.59. The van der Waals surface area contributed by atoms with Gasteiger partial charge >= 0.3 is 0 Å². The quantitative estimate of drug-likeness (QED) is 0.533. The van der Waals surface area contributed by atoms with Gasteiger partial charge in [-0.25, -0.2) is 0 Å². The maximum absolute atomic E-state index is 12.8. The molecule has 28 heavy (non-hydrogen) atoms. The van der Waals surface area contributed by atoms with Crippen molar-refractivity contribution in [3.05, 3.63) is 67.6 Å². The van der Waals surface area contributed by atoms with E-state index < -0.39 is 0 Å². The fourth-order valence-corrected chi connectivity index (χ4v) is 4.12. The molecule has 1 aliphatic rings. The largest absolute Gasteiger partial charge is 0.322 e. The molecule has 0 aliphatic heterocycles. The highest BCUT2D eigenvalue weighted by Gasteiger charge is 2.24. The molecule has 2 aromatic carbocycles. The van der Waals surface area contributed by atoms with Crippen molar-refractivity contribution in [3.8, 4) is 0 Å². The number of hydrogen-bond donors (Lipinski definition) is 2. The van der Waals surface area contributed by atoms with Gasteiger partial charge in [-0.1, -0.05) is 46.4 Å². The van der Waals surface area contributed by atoms with Crippen LogP contribution < -0.4 is 10.6 Å². The second kappa shape index (κ2) is 9.19. The number of nitrogens with one attached hydrogen (secondary N) is 2. The van der Waals surface area contributed by atoms with Crippen molar-refractivity contribution < 1.29 is 9.59 Å². The summed E-state index contributed by atoms with van der Waals surface area (Å²) in [5.41, 5.74) is 1.85. The van der Waals surface area contributed by atoms with E-state index in [9.17, 15) is 9.59 Å². The molecule has 2 aromatic rings. The van der Waals surface area contributed by atoms with E-state index in [-0.39, 0.29) is 11.8 Å². The molecule has 0 bridgehead atoms. The Labute approximate surface area is 182 Å². The maximum Gasteiger partial charge on any atom is 0.252 e. The van der Waals surface area contributed by atoms with Gasteiger partial charge < -0.3 is 10.6 Å². The number of amides is 2. The minimum absolute atomic E-state index is 0.340. The highest BCUT2D eigenvalue weighted by Crippen LogP contribution is 2.29. The lowest BCUT2D eigenvalue weighted by Gasteiger charge is -2.20. The highest BCUT2D eigenvalue weighted by molar-refractivity contribution is 6.35. The lowest BCUT2D eigenvalue weighted by molar-refractivity contribution is -0.115. The summed E-state index contributed by atoms with van der Waals surface area (Å²) in [5, 5.41) is 7.20. The van der Waals surface area contributed by atoms with Gasteiger partial charge in [0.25, 0.3) is 11.8 Å². The van der Waals surface area contributed by atoms with Crippen LogP contribution in [0.3, 0.4) is 0 Å². The van der Waals surface area contributed by atoms with Crippen LogP contribution in [0, 0.1) is 0 Å². The number of halogens is 4. The van der Waals surface area contributed by atoms with Crippen molar-refractivity contribution >= 4 is 69.6 Å². The number of hydrogen-bond acceptors (Lipinski definition) is 2. The first kappa shape index (κ1) is 21.0. The standard InChI is InChI=1S/C20H16Cl4N2O2/c21-11-5-12(22)8-15(7-11)25-19(27)17-3-1-2-4-18(17)20(28)26-16-9-13(23)6-14(24)10-16/h5-10H,1-4H2,(H,25,27)(H,26,28). The molecule has 4 nitrogen and oxygen atoms in total. The molecular formula is C20H16Cl4N2O2. The topological polar surface area (TPSA) is 58.2 Å². The van der Waals surface area contributed by atoms with Gasteiger partial charge in [0.05, 0.1) is 0 Å². The van der Waals surface area contributed by atoms with Gasteiger partial charge in [0, 0.05) is 42.6 Å². The molecule has 0 spiro atoms. The summed E-state index contributed by atoms with van der Waals surface area (Å²) in [6, 6.07) is 9.55. The van der Waals surface area contributed by atoms with E-state index in [1.54, 1.807) is 36.4 Å². The summed E-state index contributed by atoms with van der Waals surface area (Å²) in [6.45, 7) is 0. The van der Waals surface area contributed by atoms with Gasteiger partial charge in [-0.2, -0.15) is 0 Å². The molecule has 3 rings (SSSR count). The maximum atomic E-state index is 12.8.